The first-order valence-electron chi connectivity index (χ1n) is 6.30. The number of nitrogens with one attached hydrogen (secondary N) is 1. The first kappa shape index (κ1) is 15.2. The minimum Gasteiger partial charge on any atom is -0.369 e. The van der Waals surface area contributed by atoms with Crippen LogP contribution in [0.1, 0.15) is 0 Å². The summed E-state index contributed by atoms with van der Waals surface area (Å²) in [6, 6.07) is 3.01. The highest BCUT2D eigenvalue weighted by Crippen LogP contribution is 2.21. The van der Waals surface area contributed by atoms with E-state index in [1.807, 2.05) is 0 Å². The van der Waals surface area contributed by atoms with E-state index >= 15 is 0 Å². The molecule has 1 amide bonds. The van der Waals surface area contributed by atoms with Gasteiger partial charge in [0, 0.05) is 6.07 Å². The molecule has 0 aliphatic heterocycles. The number of nitrogens with zero attached hydrogens (tertiary/aromatic N) is 3. The van der Waals surface area contributed by atoms with Crippen LogP contribution in [0.25, 0.3) is 16.7 Å². The zero-order valence-electron chi connectivity index (χ0n) is 11.4. The van der Waals surface area contributed by atoms with Crippen molar-refractivity contribution in [1.82, 2.24) is 19.7 Å². The number of halogens is 2. The summed E-state index contributed by atoms with van der Waals surface area (Å²) >= 11 is 0.906. The molecule has 3 rings (SSSR count). The van der Waals surface area contributed by atoms with Crippen LogP contribution in [0.2, 0.25) is 0 Å². The second kappa shape index (κ2) is 5.80. The highest BCUT2D eigenvalue weighted by Gasteiger charge is 2.16. The fourth-order valence-corrected chi connectivity index (χ4v) is 2.70. The molecule has 0 unspecified atom stereocenters. The second-order valence-corrected chi connectivity index (χ2v) is 5.46. The molecular formula is C13H9F2N5O2S. The molecule has 0 saturated carbocycles. The van der Waals surface area contributed by atoms with Gasteiger partial charge in [0.15, 0.2) is 22.4 Å². The lowest BCUT2D eigenvalue weighted by Crippen LogP contribution is -2.22. The van der Waals surface area contributed by atoms with Crippen LogP contribution in [0.4, 0.5) is 8.78 Å². The summed E-state index contributed by atoms with van der Waals surface area (Å²) in [7, 11) is 0. The van der Waals surface area contributed by atoms with Gasteiger partial charge in [0.05, 0.1) is 17.6 Å². The molecule has 3 N–H and O–H groups in total. The number of aromatic nitrogens is 4. The van der Waals surface area contributed by atoms with E-state index in [0.29, 0.717) is 0 Å². The van der Waals surface area contributed by atoms with Crippen molar-refractivity contribution in [2.45, 2.75) is 5.16 Å². The van der Waals surface area contributed by atoms with E-state index in [1.165, 1.54) is 12.3 Å². The van der Waals surface area contributed by atoms with Gasteiger partial charge in [-0.05, 0) is 12.1 Å². The molecule has 23 heavy (non-hydrogen) atoms. The number of carbonyl (C=O) groups is 1. The van der Waals surface area contributed by atoms with Gasteiger partial charge in [-0.25, -0.2) is 13.8 Å². The van der Waals surface area contributed by atoms with Gasteiger partial charge in [-0.1, -0.05) is 11.8 Å². The molecule has 0 aliphatic carbocycles. The molecule has 0 fully saturated rings. The van der Waals surface area contributed by atoms with Gasteiger partial charge in [-0.3, -0.25) is 19.3 Å². The molecular weight excluding hydrogens is 328 g/mol. The predicted octanol–water partition coefficient (Wildman–Crippen LogP) is 0.964. The van der Waals surface area contributed by atoms with Crippen LogP contribution < -0.4 is 11.3 Å². The number of thioether (sulfide) groups is 1. The van der Waals surface area contributed by atoms with Crippen molar-refractivity contribution in [2.24, 2.45) is 5.73 Å². The SMILES string of the molecule is NC(=O)CSc1nc2[nH]ncc2c(=O)n1-c1ccc(F)c(F)c1. The molecule has 118 valence electrons. The van der Waals surface area contributed by atoms with Gasteiger partial charge in [0.2, 0.25) is 5.91 Å². The van der Waals surface area contributed by atoms with Crippen molar-refractivity contribution in [3.8, 4) is 5.69 Å². The second-order valence-electron chi connectivity index (χ2n) is 4.52. The zero-order valence-corrected chi connectivity index (χ0v) is 12.2. The number of hydrogen-bond acceptors (Lipinski definition) is 5. The minimum atomic E-state index is -1.10. The molecule has 0 aliphatic rings. The molecule has 1 aromatic carbocycles. The largest absolute Gasteiger partial charge is 0.369 e. The normalized spacial score (nSPS) is 11.0. The molecule has 0 atom stereocenters. The van der Waals surface area contributed by atoms with E-state index in [2.05, 4.69) is 15.2 Å². The lowest BCUT2D eigenvalue weighted by Gasteiger charge is -2.11. The highest BCUT2D eigenvalue weighted by molar-refractivity contribution is 7.99. The fraction of sp³-hybridized carbons (Fsp3) is 0.0769. The van der Waals surface area contributed by atoms with Crippen molar-refractivity contribution >= 4 is 28.7 Å². The Balaban J connectivity index is 2.24. The number of aromatic amines is 1. The van der Waals surface area contributed by atoms with Crippen LogP contribution in [0, 0.1) is 11.6 Å². The first-order chi connectivity index (χ1) is 11.0. The number of primary amides is 1. The van der Waals surface area contributed by atoms with Crippen LogP contribution in [0.15, 0.2) is 34.3 Å². The molecule has 2 heterocycles. The summed E-state index contributed by atoms with van der Waals surface area (Å²) < 4.78 is 27.7. The predicted molar refractivity (Wildman–Crippen MR) is 79.3 cm³/mol. The van der Waals surface area contributed by atoms with Gasteiger partial charge >= 0.3 is 0 Å². The summed E-state index contributed by atoms with van der Waals surface area (Å²) in [5, 5.41) is 6.57. The topological polar surface area (TPSA) is 107 Å². The van der Waals surface area contributed by atoms with E-state index < -0.39 is 23.1 Å². The van der Waals surface area contributed by atoms with E-state index in [1.54, 1.807) is 0 Å². The molecule has 3 aromatic rings. The number of amides is 1. The Morgan fingerprint density at radius 3 is 2.83 bits per heavy atom. The maximum absolute atomic E-state index is 13.5. The number of H-pyrrole nitrogens is 1. The van der Waals surface area contributed by atoms with Crippen LogP contribution in [0.5, 0.6) is 0 Å². The summed E-state index contributed by atoms with van der Waals surface area (Å²) in [6.45, 7) is 0. The molecule has 10 heteroatoms. The van der Waals surface area contributed by atoms with Gasteiger partial charge in [-0.15, -0.1) is 0 Å². The maximum atomic E-state index is 13.5. The molecule has 0 radical (unpaired) electrons. The molecule has 0 saturated heterocycles. The van der Waals surface area contributed by atoms with Crippen molar-refractivity contribution in [1.29, 1.82) is 0 Å². The number of carbonyl (C=O) groups excluding carboxylic acids is 1. The molecule has 0 spiro atoms. The number of hydrogen-bond donors (Lipinski definition) is 2. The monoisotopic (exact) mass is 337 g/mol. The Labute approximate surface area is 131 Å². The Morgan fingerprint density at radius 2 is 2.13 bits per heavy atom. The number of nitrogens with two attached hydrogens (primary N) is 1. The zero-order chi connectivity index (χ0) is 16.6. The van der Waals surface area contributed by atoms with Crippen LogP contribution in [0.3, 0.4) is 0 Å². The lowest BCUT2D eigenvalue weighted by molar-refractivity contribution is -0.115. The standard InChI is InChI=1S/C13H9F2N5O2S/c14-8-2-1-6(3-9(8)15)20-12(22)7-4-17-19-11(7)18-13(20)23-5-10(16)21/h1-4H,5H2,(H2,16,21)(H,17,19). The molecule has 7 nitrogen and oxygen atoms in total. The Morgan fingerprint density at radius 1 is 1.35 bits per heavy atom. The average Bonchev–Trinajstić information content (AvgIpc) is 2.97. The van der Waals surface area contributed by atoms with Crippen molar-refractivity contribution in [3.05, 3.63) is 46.4 Å². The highest BCUT2D eigenvalue weighted by atomic mass is 32.2. The van der Waals surface area contributed by atoms with Crippen molar-refractivity contribution in [3.63, 3.8) is 0 Å². The number of benzene rings is 1. The minimum absolute atomic E-state index is 0.0801. The van der Waals surface area contributed by atoms with Crippen LogP contribution in [-0.2, 0) is 4.79 Å². The van der Waals surface area contributed by atoms with Crippen LogP contribution in [-0.4, -0.2) is 31.4 Å². The van der Waals surface area contributed by atoms with E-state index in [-0.39, 0.29) is 27.6 Å². The maximum Gasteiger partial charge on any atom is 0.269 e. The number of fused-ring (bicyclic) bond motifs is 1. The Hall–Kier alpha value is -2.75. The smallest absolute Gasteiger partial charge is 0.269 e. The van der Waals surface area contributed by atoms with Crippen molar-refractivity contribution in [2.75, 3.05) is 5.75 Å². The number of rotatable bonds is 4. The average molecular weight is 337 g/mol. The van der Waals surface area contributed by atoms with E-state index in [4.69, 9.17) is 5.73 Å². The Kier molecular flexibility index (Phi) is 3.82. The third-order valence-electron chi connectivity index (χ3n) is 2.96. The van der Waals surface area contributed by atoms with Gasteiger partial charge < -0.3 is 5.73 Å². The van der Waals surface area contributed by atoms with Gasteiger partial charge in [0.1, 0.15) is 5.39 Å². The molecule has 0 bridgehead atoms. The fourth-order valence-electron chi connectivity index (χ4n) is 1.96. The summed E-state index contributed by atoms with van der Waals surface area (Å²) in [4.78, 5) is 27.7. The summed E-state index contributed by atoms with van der Waals surface area (Å²) in [6.07, 6.45) is 1.28. The van der Waals surface area contributed by atoms with E-state index in [0.717, 1.165) is 28.5 Å². The summed E-state index contributed by atoms with van der Waals surface area (Å²) in [5.74, 6) is -2.88. The van der Waals surface area contributed by atoms with Crippen LogP contribution >= 0.6 is 11.8 Å². The van der Waals surface area contributed by atoms with Gasteiger partial charge in [-0.2, -0.15) is 5.10 Å². The lowest BCUT2D eigenvalue weighted by atomic mass is 10.3. The Bertz CT molecular complexity index is 969. The third-order valence-corrected chi connectivity index (χ3v) is 3.92. The molecule has 2 aromatic heterocycles. The quantitative estimate of drug-likeness (QED) is 0.545. The summed E-state index contributed by atoms with van der Waals surface area (Å²) in [5.41, 5.74) is 4.88. The third kappa shape index (κ3) is 2.80. The van der Waals surface area contributed by atoms with Crippen molar-refractivity contribution < 1.29 is 13.6 Å². The van der Waals surface area contributed by atoms with Gasteiger partial charge in [0.25, 0.3) is 5.56 Å². The first-order valence-corrected chi connectivity index (χ1v) is 7.28. The van der Waals surface area contributed by atoms with E-state index in [9.17, 15) is 18.4 Å².